The second-order valence-electron chi connectivity index (χ2n) is 5.49. The van der Waals surface area contributed by atoms with Crippen LogP contribution >= 0.6 is 0 Å². The van der Waals surface area contributed by atoms with Crippen molar-refractivity contribution in [3.8, 4) is 0 Å². The van der Waals surface area contributed by atoms with Crippen LogP contribution in [0.1, 0.15) is 12.5 Å². The Hall–Kier alpha value is -2.49. The smallest absolute Gasteiger partial charge is 0.343 e. The maximum Gasteiger partial charge on any atom is 0.415 e. The molecule has 0 radical (unpaired) electrons. The van der Waals surface area contributed by atoms with Gasteiger partial charge in [-0.3, -0.25) is 0 Å². The van der Waals surface area contributed by atoms with Crippen molar-refractivity contribution in [1.82, 2.24) is 0 Å². The fourth-order valence-electron chi connectivity index (χ4n) is 2.85. The van der Waals surface area contributed by atoms with E-state index in [0.717, 1.165) is 5.69 Å². The van der Waals surface area contributed by atoms with Crippen molar-refractivity contribution in [2.75, 3.05) is 11.4 Å². The lowest BCUT2D eigenvalue weighted by atomic mass is 9.91. The first-order chi connectivity index (χ1) is 11.0. The number of para-hydroxylation sites is 1. The van der Waals surface area contributed by atoms with Crippen molar-refractivity contribution in [3.05, 3.63) is 83.6 Å². The van der Waals surface area contributed by atoms with E-state index in [1.807, 2.05) is 30.3 Å². The maximum absolute atomic E-state index is 13.6. The van der Waals surface area contributed by atoms with Gasteiger partial charge in [-0.05, 0) is 35.8 Å². The number of alkyl halides is 3. The summed E-state index contributed by atoms with van der Waals surface area (Å²) in [4.78, 5) is 1.64. The molecule has 23 heavy (non-hydrogen) atoms. The Morgan fingerprint density at radius 3 is 2.00 bits per heavy atom. The van der Waals surface area contributed by atoms with Crippen LogP contribution in [0, 0.1) is 0 Å². The largest absolute Gasteiger partial charge is 0.415 e. The summed E-state index contributed by atoms with van der Waals surface area (Å²) < 4.78 is 40.9. The molecule has 0 saturated heterocycles. The summed E-state index contributed by atoms with van der Waals surface area (Å²) in [7, 11) is 0. The lowest BCUT2D eigenvalue weighted by Crippen LogP contribution is -2.31. The van der Waals surface area contributed by atoms with Gasteiger partial charge in [-0.1, -0.05) is 48.5 Å². The van der Waals surface area contributed by atoms with E-state index in [9.17, 15) is 13.2 Å². The van der Waals surface area contributed by atoms with Crippen LogP contribution in [-0.2, 0) is 0 Å². The molecule has 1 nitrogen and oxygen atoms in total. The molecular formula is C19H16F3N. The minimum atomic E-state index is -4.37. The molecule has 2 aromatic carbocycles. The Bertz CT molecular complexity index is 743. The third-order valence-corrected chi connectivity index (χ3v) is 3.87. The quantitative estimate of drug-likeness (QED) is 0.714. The summed E-state index contributed by atoms with van der Waals surface area (Å²) in [5.41, 5.74) is 1.73. The summed E-state index contributed by atoms with van der Waals surface area (Å²) in [5, 5.41) is 0. The van der Waals surface area contributed by atoms with Gasteiger partial charge in [0.15, 0.2) is 0 Å². The molecule has 1 heterocycles. The third kappa shape index (κ3) is 3.16. The SMILES string of the molecule is CC1=CN(c2ccccc2)CC(C(F)(F)F)=C1c1ccccc1. The van der Waals surface area contributed by atoms with Crippen molar-refractivity contribution in [3.63, 3.8) is 0 Å². The van der Waals surface area contributed by atoms with E-state index < -0.39 is 11.7 Å². The number of hydrogen-bond donors (Lipinski definition) is 0. The van der Waals surface area contributed by atoms with Crippen LogP contribution in [0.15, 0.2) is 78.0 Å². The topological polar surface area (TPSA) is 3.24 Å². The standard InChI is InChI=1S/C19H16F3N/c1-14-12-23(16-10-6-3-7-11-16)13-17(19(20,21)22)18(14)15-8-4-2-5-9-15/h2-12H,13H2,1H3. The Labute approximate surface area is 133 Å². The summed E-state index contributed by atoms with van der Waals surface area (Å²) in [6.07, 6.45) is -2.58. The number of nitrogens with zero attached hydrogens (tertiary/aromatic N) is 1. The van der Waals surface area contributed by atoms with Crippen molar-refractivity contribution in [2.24, 2.45) is 0 Å². The van der Waals surface area contributed by atoms with Crippen LogP contribution in [0.4, 0.5) is 18.9 Å². The van der Waals surface area contributed by atoms with Gasteiger partial charge in [0.2, 0.25) is 0 Å². The van der Waals surface area contributed by atoms with Gasteiger partial charge in [0.1, 0.15) is 0 Å². The summed E-state index contributed by atoms with van der Waals surface area (Å²) in [5.74, 6) is 0. The highest BCUT2D eigenvalue weighted by Crippen LogP contribution is 2.40. The molecule has 0 fully saturated rings. The van der Waals surface area contributed by atoms with Gasteiger partial charge >= 0.3 is 6.18 Å². The average Bonchev–Trinajstić information content (AvgIpc) is 2.55. The fourth-order valence-corrected chi connectivity index (χ4v) is 2.85. The number of allylic oxidation sites excluding steroid dienone is 2. The van der Waals surface area contributed by atoms with Gasteiger partial charge in [-0.15, -0.1) is 0 Å². The van der Waals surface area contributed by atoms with E-state index in [1.54, 1.807) is 48.4 Å². The molecule has 3 rings (SSSR count). The highest BCUT2D eigenvalue weighted by Gasteiger charge is 2.39. The average molecular weight is 315 g/mol. The highest BCUT2D eigenvalue weighted by molar-refractivity contribution is 5.84. The van der Waals surface area contributed by atoms with Gasteiger partial charge < -0.3 is 4.90 Å². The number of benzene rings is 2. The zero-order valence-electron chi connectivity index (χ0n) is 12.6. The van der Waals surface area contributed by atoms with E-state index in [2.05, 4.69) is 0 Å². The van der Waals surface area contributed by atoms with Crippen LogP contribution < -0.4 is 4.90 Å². The van der Waals surface area contributed by atoms with Crippen LogP contribution in [0.3, 0.4) is 0 Å². The van der Waals surface area contributed by atoms with Gasteiger partial charge in [0, 0.05) is 11.9 Å². The molecule has 118 valence electrons. The van der Waals surface area contributed by atoms with Crippen LogP contribution in [0.25, 0.3) is 5.57 Å². The molecule has 0 saturated carbocycles. The molecular weight excluding hydrogens is 299 g/mol. The number of halogens is 3. The van der Waals surface area contributed by atoms with Crippen LogP contribution in [0.5, 0.6) is 0 Å². The van der Waals surface area contributed by atoms with E-state index in [4.69, 9.17) is 0 Å². The zero-order valence-corrected chi connectivity index (χ0v) is 12.6. The maximum atomic E-state index is 13.6. The normalized spacial score (nSPS) is 15.7. The summed E-state index contributed by atoms with van der Waals surface area (Å²) in [6, 6.07) is 17.9. The molecule has 0 spiro atoms. The first-order valence-corrected chi connectivity index (χ1v) is 7.33. The molecule has 0 bridgehead atoms. The van der Waals surface area contributed by atoms with Gasteiger partial charge in [0.05, 0.1) is 12.1 Å². The first kappa shape index (κ1) is 15.4. The number of hydrogen-bond acceptors (Lipinski definition) is 1. The Morgan fingerprint density at radius 2 is 1.43 bits per heavy atom. The molecule has 0 aliphatic carbocycles. The fraction of sp³-hybridized carbons (Fsp3) is 0.158. The van der Waals surface area contributed by atoms with Crippen molar-refractivity contribution in [1.29, 1.82) is 0 Å². The Balaban J connectivity index is 2.10. The van der Waals surface area contributed by atoms with E-state index in [1.165, 1.54) is 0 Å². The molecule has 0 aromatic heterocycles. The minimum Gasteiger partial charge on any atom is -0.343 e. The predicted octanol–water partition coefficient (Wildman–Crippen LogP) is 5.43. The molecule has 0 N–H and O–H groups in total. The van der Waals surface area contributed by atoms with Gasteiger partial charge in [-0.2, -0.15) is 13.2 Å². The monoisotopic (exact) mass is 315 g/mol. The summed E-state index contributed by atoms with van der Waals surface area (Å²) >= 11 is 0. The second-order valence-corrected chi connectivity index (χ2v) is 5.49. The van der Waals surface area contributed by atoms with Crippen molar-refractivity contribution >= 4 is 11.3 Å². The molecule has 1 aliphatic heterocycles. The van der Waals surface area contributed by atoms with E-state index >= 15 is 0 Å². The van der Waals surface area contributed by atoms with E-state index in [-0.39, 0.29) is 12.1 Å². The molecule has 2 aromatic rings. The second kappa shape index (κ2) is 5.95. The molecule has 0 unspecified atom stereocenters. The lowest BCUT2D eigenvalue weighted by Gasteiger charge is -2.31. The van der Waals surface area contributed by atoms with Crippen LogP contribution in [-0.4, -0.2) is 12.7 Å². The number of rotatable bonds is 2. The third-order valence-electron chi connectivity index (χ3n) is 3.87. The molecule has 4 heteroatoms. The molecule has 0 atom stereocenters. The van der Waals surface area contributed by atoms with Crippen LogP contribution in [0.2, 0.25) is 0 Å². The van der Waals surface area contributed by atoms with Gasteiger partial charge in [0.25, 0.3) is 0 Å². The number of anilines is 1. The minimum absolute atomic E-state index is 0.185. The van der Waals surface area contributed by atoms with Crippen molar-refractivity contribution in [2.45, 2.75) is 13.1 Å². The first-order valence-electron chi connectivity index (χ1n) is 7.33. The summed E-state index contributed by atoms with van der Waals surface area (Å²) in [6.45, 7) is 1.54. The Morgan fingerprint density at radius 1 is 0.870 bits per heavy atom. The molecule has 1 aliphatic rings. The molecule has 0 amide bonds. The predicted molar refractivity (Wildman–Crippen MR) is 87.0 cm³/mol. The van der Waals surface area contributed by atoms with E-state index in [0.29, 0.717) is 11.1 Å². The highest BCUT2D eigenvalue weighted by atomic mass is 19.4. The zero-order chi connectivity index (χ0) is 16.4. The van der Waals surface area contributed by atoms with Crippen molar-refractivity contribution < 1.29 is 13.2 Å². The van der Waals surface area contributed by atoms with Gasteiger partial charge in [-0.25, -0.2) is 0 Å². The Kier molecular flexibility index (Phi) is 3.99. The lowest BCUT2D eigenvalue weighted by molar-refractivity contribution is -0.0917.